The first-order valence-electron chi connectivity index (χ1n) is 6.72. The van der Waals surface area contributed by atoms with Crippen molar-refractivity contribution < 1.29 is 4.74 Å². The number of halogens is 1. The maximum atomic E-state index is 6.08. The van der Waals surface area contributed by atoms with Gasteiger partial charge in [0.25, 0.3) is 0 Å². The number of para-hydroxylation sites is 1. The third kappa shape index (κ3) is 3.48. The van der Waals surface area contributed by atoms with E-state index in [1.807, 2.05) is 42.5 Å². The summed E-state index contributed by atoms with van der Waals surface area (Å²) in [6.45, 7) is 0. The number of anilines is 3. The first-order chi connectivity index (χ1) is 10.7. The summed E-state index contributed by atoms with van der Waals surface area (Å²) < 4.78 is 5.89. The van der Waals surface area contributed by atoms with Crippen molar-refractivity contribution in [2.75, 3.05) is 11.1 Å². The summed E-state index contributed by atoms with van der Waals surface area (Å²) in [6, 6.07) is 18.5. The fourth-order valence-electron chi connectivity index (χ4n) is 1.94. The van der Waals surface area contributed by atoms with Gasteiger partial charge in [-0.2, -0.15) is 0 Å². The Labute approximate surface area is 133 Å². The Bertz CT molecular complexity index is 761. The standard InChI is InChI=1S/C17H14ClN3O/c18-12-6-8-16(22-14-4-2-1-3-5-14)15(10-12)21-13-7-9-17(19)20-11-13/h1-11,21H,(H2,19,20). The number of hydrogen-bond acceptors (Lipinski definition) is 4. The maximum Gasteiger partial charge on any atom is 0.150 e. The molecule has 1 heterocycles. The van der Waals surface area contributed by atoms with Crippen LogP contribution in [-0.2, 0) is 0 Å². The molecule has 2 aromatic carbocycles. The number of nitrogens with one attached hydrogen (secondary N) is 1. The van der Waals surface area contributed by atoms with Crippen molar-refractivity contribution in [2.24, 2.45) is 0 Å². The molecule has 3 aromatic rings. The third-order valence-electron chi connectivity index (χ3n) is 2.98. The highest BCUT2D eigenvalue weighted by atomic mass is 35.5. The molecule has 0 unspecified atom stereocenters. The molecule has 0 aliphatic carbocycles. The molecule has 3 rings (SSSR count). The van der Waals surface area contributed by atoms with Crippen LogP contribution in [0.5, 0.6) is 11.5 Å². The molecule has 0 spiro atoms. The van der Waals surface area contributed by atoms with E-state index in [0.29, 0.717) is 16.6 Å². The van der Waals surface area contributed by atoms with Crippen molar-refractivity contribution >= 4 is 28.8 Å². The Morgan fingerprint density at radius 2 is 1.82 bits per heavy atom. The second-order valence-corrected chi connectivity index (χ2v) is 5.09. The molecule has 0 atom stereocenters. The summed E-state index contributed by atoms with van der Waals surface area (Å²) in [4.78, 5) is 4.05. The van der Waals surface area contributed by atoms with E-state index in [1.54, 1.807) is 24.4 Å². The highest BCUT2D eigenvalue weighted by molar-refractivity contribution is 6.31. The summed E-state index contributed by atoms with van der Waals surface area (Å²) in [5, 5.41) is 3.85. The molecule has 0 bridgehead atoms. The molecule has 22 heavy (non-hydrogen) atoms. The molecule has 5 heteroatoms. The minimum absolute atomic E-state index is 0.470. The molecule has 110 valence electrons. The molecular weight excluding hydrogens is 298 g/mol. The average Bonchev–Trinajstić information content (AvgIpc) is 2.53. The first kappa shape index (κ1) is 14.2. The number of ether oxygens (including phenoxy) is 1. The van der Waals surface area contributed by atoms with Gasteiger partial charge in [-0.1, -0.05) is 29.8 Å². The number of nitrogens with zero attached hydrogens (tertiary/aromatic N) is 1. The number of nitrogen functional groups attached to an aromatic ring is 1. The van der Waals surface area contributed by atoms with Gasteiger partial charge in [0.05, 0.1) is 17.6 Å². The molecule has 0 radical (unpaired) electrons. The van der Waals surface area contributed by atoms with Crippen LogP contribution in [0.15, 0.2) is 66.9 Å². The van der Waals surface area contributed by atoms with Crippen LogP contribution in [0.25, 0.3) is 0 Å². The van der Waals surface area contributed by atoms with Crippen LogP contribution in [0.4, 0.5) is 17.2 Å². The SMILES string of the molecule is Nc1ccc(Nc2cc(Cl)ccc2Oc2ccccc2)cn1. The van der Waals surface area contributed by atoms with Gasteiger partial charge in [-0.05, 0) is 42.5 Å². The molecule has 1 aromatic heterocycles. The van der Waals surface area contributed by atoms with Gasteiger partial charge < -0.3 is 15.8 Å². The molecular formula is C17H14ClN3O. The van der Waals surface area contributed by atoms with Crippen molar-refractivity contribution in [1.82, 2.24) is 4.98 Å². The Morgan fingerprint density at radius 1 is 1.00 bits per heavy atom. The lowest BCUT2D eigenvalue weighted by atomic mass is 10.2. The van der Waals surface area contributed by atoms with Gasteiger partial charge in [0.15, 0.2) is 5.75 Å². The Hall–Kier alpha value is -2.72. The first-order valence-corrected chi connectivity index (χ1v) is 7.09. The fourth-order valence-corrected chi connectivity index (χ4v) is 2.11. The van der Waals surface area contributed by atoms with Crippen LogP contribution in [0.1, 0.15) is 0 Å². The highest BCUT2D eigenvalue weighted by Crippen LogP contribution is 2.33. The van der Waals surface area contributed by atoms with Crippen LogP contribution in [0.2, 0.25) is 5.02 Å². The Kier molecular flexibility index (Phi) is 4.12. The highest BCUT2D eigenvalue weighted by Gasteiger charge is 2.07. The van der Waals surface area contributed by atoms with E-state index in [1.165, 1.54) is 0 Å². The van der Waals surface area contributed by atoms with Gasteiger partial charge >= 0.3 is 0 Å². The van der Waals surface area contributed by atoms with E-state index in [2.05, 4.69) is 10.3 Å². The van der Waals surface area contributed by atoms with Crippen molar-refractivity contribution in [3.63, 3.8) is 0 Å². The van der Waals surface area contributed by atoms with Crippen molar-refractivity contribution in [3.05, 3.63) is 71.9 Å². The molecule has 0 amide bonds. The fraction of sp³-hybridized carbons (Fsp3) is 0. The van der Waals surface area contributed by atoms with Gasteiger partial charge in [-0.25, -0.2) is 4.98 Å². The molecule has 0 aliphatic rings. The Morgan fingerprint density at radius 3 is 2.55 bits per heavy atom. The van der Waals surface area contributed by atoms with E-state index in [4.69, 9.17) is 22.1 Å². The number of benzene rings is 2. The molecule has 4 nitrogen and oxygen atoms in total. The minimum Gasteiger partial charge on any atom is -0.455 e. The summed E-state index contributed by atoms with van der Waals surface area (Å²) in [5.41, 5.74) is 7.14. The van der Waals surface area contributed by atoms with E-state index < -0.39 is 0 Å². The molecule has 0 saturated carbocycles. The lowest BCUT2D eigenvalue weighted by Crippen LogP contribution is -1.96. The summed E-state index contributed by atoms with van der Waals surface area (Å²) in [7, 11) is 0. The lowest BCUT2D eigenvalue weighted by Gasteiger charge is -2.13. The normalized spacial score (nSPS) is 10.2. The topological polar surface area (TPSA) is 60.2 Å². The maximum absolute atomic E-state index is 6.08. The van der Waals surface area contributed by atoms with Crippen LogP contribution in [0, 0.1) is 0 Å². The van der Waals surface area contributed by atoms with E-state index in [9.17, 15) is 0 Å². The predicted octanol–water partition coefficient (Wildman–Crippen LogP) is 4.85. The minimum atomic E-state index is 0.470. The van der Waals surface area contributed by atoms with E-state index in [-0.39, 0.29) is 0 Å². The molecule has 3 N–H and O–H groups in total. The third-order valence-corrected chi connectivity index (χ3v) is 3.21. The van der Waals surface area contributed by atoms with Crippen LogP contribution in [0.3, 0.4) is 0 Å². The number of pyridine rings is 1. The second kappa shape index (κ2) is 6.37. The second-order valence-electron chi connectivity index (χ2n) is 4.65. The monoisotopic (exact) mass is 311 g/mol. The van der Waals surface area contributed by atoms with E-state index in [0.717, 1.165) is 17.1 Å². The smallest absolute Gasteiger partial charge is 0.150 e. The van der Waals surface area contributed by atoms with Crippen LogP contribution < -0.4 is 15.8 Å². The van der Waals surface area contributed by atoms with E-state index >= 15 is 0 Å². The largest absolute Gasteiger partial charge is 0.455 e. The zero-order chi connectivity index (χ0) is 15.4. The zero-order valence-electron chi connectivity index (χ0n) is 11.7. The lowest BCUT2D eigenvalue weighted by molar-refractivity contribution is 0.485. The Balaban J connectivity index is 1.89. The summed E-state index contributed by atoms with van der Waals surface area (Å²) in [5.74, 6) is 1.90. The van der Waals surface area contributed by atoms with Gasteiger partial charge in [-0.3, -0.25) is 0 Å². The molecule has 0 aliphatic heterocycles. The number of nitrogens with two attached hydrogens (primary N) is 1. The predicted molar refractivity (Wildman–Crippen MR) is 89.9 cm³/mol. The summed E-state index contributed by atoms with van der Waals surface area (Å²) >= 11 is 6.08. The van der Waals surface area contributed by atoms with Crippen molar-refractivity contribution in [2.45, 2.75) is 0 Å². The average molecular weight is 312 g/mol. The number of rotatable bonds is 4. The molecule has 0 fully saturated rings. The van der Waals surface area contributed by atoms with Crippen molar-refractivity contribution in [3.8, 4) is 11.5 Å². The zero-order valence-corrected chi connectivity index (χ0v) is 12.4. The van der Waals surface area contributed by atoms with Crippen LogP contribution >= 0.6 is 11.6 Å². The van der Waals surface area contributed by atoms with Gasteiger partial charge in [0, 0.05) is 5.02 Å². The van der Waals surface area contributed by atoms with Gasteiger partial charge in [-0.15, -0.1) is 0 Å². The van der Waals surface area contributed by atoms with Crippen molar-refractivity contribution in [1.29, 1.82) is 0 Å². The van der Waals surface area contributed by atoms with Gasteiger partial charge in [0.2, 0.25) is 0 Å². The number of hydrogen-bond donors (Lipinski definition) is 2. The molecule has 0 saturated heterocycles. The quantitative estimate of drug-likeness (QED) is 0.723. The van der Waals surface area contributed by atoms with Crippen LogP contribution in [-0.4, -0.2) is 4.98 Å². The summed E-state index contributed by atoms with van der Waals surface area (Å²) in [6.07, 6.45) is 1.66. The van der Waals surface area contributed by atoms with Gasteiger partial charge in [0.1, 0.15) is 11.6 Å². The number of aromatic nitrogens is 1.